The quantitative estimate of drug-likeness (QED) is 0.0261. The molecule has 0 spiro atoms. The van der Waals surface area contributed by atoms with Gasteiger partial charge < -0.3 is 14.2 Å². The molecule has 0 fully saturated rings. The van der Waals surface area contributed by atoms with Gasteiger partial charge in [-0.15, -0.1) is 0 Å². The normalized spacial score (nSPS) is 13.4. The first-order valence-electron chi connectivity index (χ1n) is 32.9. The first kappa shape index (κ1) is 77.2. The Morgan fingerprint density at radius 3 is 0.759 bits per heavy atom. The molecular weight excluding hydrogens is 1020 g/mol. The van der Waals surface area contributed by atoms with E-state index in [1.807, 2.05) is 0 Å². The highest BCUT2D eigenvalue weighted by Crippen LogP contribution is 2.13. The highest BCUT2D eigenvalue weighted by molar-refractivity contribution is 5.71. The van der Waals surface area contributed by atoms with Gasteiger partial charge in [-0.25, -0.2) is 0 Å². The fraction of sp³-hybridized carbons (Fsp3) is 0.545. The second kappa shape index (κ2) is 68.7. The van der Waals surface area contributed by atoms with Crippen molar-refractivity contribution in [2.24, 2.45) is 0 Å². The number of esters is 3. The van der Waals surface area contributed by atoms with E-state index in [9.17, 15) is 14.4 Å². The van der Waals surface area contributed by atoms with Crippen LogP contribution in [-0.2, 0) is 28.6 Å². The summed E-state index contributed by atoms with van der Waals surface area (Å²) in [6.45, 7) is 6.30. The molecule has 0 aliphatic rings. The van der Waals surface area contributed by atoms with Crippen LogP contribution < -0.4 is 0 Å². The zero-order valence-corrected chi connectivity index (χ0v) is 52.9. The van der Waals surface area contributed by atoms with Gasteiger partial charge in [0.15, 0.2) is 6.10 Å². The maximum absolute atomic E-state index is 12.9. The van der Waals surface area contributed by atoms with Gasteiger partial charge >= 0.3 is 17.9 Å². The summed E-state index contributed by atoms with van der Waals surface area (Å²) in [7, 11) is 0. The summed E-state index contributed by atoms with van der Waals surface area (Å²) >= 11 is 0. The van der Waals surface area contributed by atoms with Crippen LogP contribution in [-0.4, -0.2) is 37.2 Å². The van der Waals surface area contributed by atoms with Crippen molar-refractivity contribution in [1.29, 1.82) is 0 Å². The fourth-order valence-corrected chi connectivity index (χ4v) is 8.20. The molecule has 6 heteroatoms. The topological polar surface area (TPSA) is 78.9 Å². The number of carbonyl (C=O) groups is 3. The highest BCUT2D eigenvalue weighted by atomic mass is 16.6. The van der Waals surface area contributed by atoms with E-state index in [1.165, 1.54) is 51.4 Å². The summed E-state index contributed by atoms with van der Waals surface area (Å²) in [4.78, 5) is 38.4. The molecule has 462 valence electrons. The summed E-state index contributed by atoms with van der Waals surface area (Å²) in [6, 6.07) is 0. The maximum Gasteiger partial charge on any atom is 0.306 e. The Kier molecular flexibility index (Phi) is 64.0. The highest BCUT2D eigenvalue weighted by Gasteiger charge is 2.19. The molecule has 0 rings (SSSR count). The van der Waals surface area contributed by atoms with Gasteiger partial charge in [-0.05, 0) is 167 Å². The molecule has 83 heavy (non-hydrogen) atoms. The molecule has 0 aliphatic heterocycles. The zero-order chi connectivity index (χ0) is 59.9. The molecule has 0 aromatic heterocycles. The predicted octanol–water partition coefficient (Wildman–Crippen LogP) is 23.0. The minimum atomic E-state index is -0.837. The average molecular weight is 1140 g/mol. The summed E-state index contributed by atoms with van der Waals surface area (Å²) in [6.07, 6.45) is 104. The van der Waals surface area contributed by atoms with Crippen LogP contribution in [0.15, 0.2) is 194 Å². The monoisotopic (exact) mass is 1140 g/mol. The molecule has 0 N–H and O–H groups in total. The molecule has 1 atom stereocenters. The lowest BCUT2D eigenvalue weighted by Crippen LogP contribution is -2.30. The van der Waals surface area contributed by atoms with Crippen LogP contribution in [0.1, 0.15) is 252 Å². The van der Waals surface area contributed by atoms with E-state index >= 15 is 0 Å². The van der Waals surface area contributed by atoms with Crippen LogP contribution in [0.2, 0.25) is 0 Å². The molecule has 0 radical (unpaired) electrons. The van der Waals surface area contributed by atoms with Crippen molar-refractivity contribution >= 4 is 17.9 Å². The number of hydrogen-bond acceptors (Lipinski definition) is 6. The Morgan fingerprint density at radius 1 is 0.253 bits per heavy atom. The van der Waals surface area contributed by atoms with Crippen molar-refractivity contribution in [3.8, 4) is 0 Å². The van der Waals surface area contributed by atoms with E-state index < -0.39 is 6.10 Å². The third kappa shape index (κ3) is 66.9. The third-order valence-electron chi connectivity index (χ3n) is 13.1. The smallest absolute Gasteiger partial charge is 0.306 e. The second-order valence-electron chi connectivity index (χ2n) is 20.9. The number of allylic oxidation sites excluding steroid dienone is 32. The number of rotatable bonds is 57. The number of unbranched alkanes of at least 4 members (excludes halogenated alkanes) is 14. The van der Waals surface area contributed by atoms with Gasteiger partial charge in [-0.2, -0.15) is 0 Å². The van der Waals surface area contributed by atoms with Crippen LogP contribution in [0.3, 0.4) is 0 Å². The van der Waals surface area contributed by atoms with Crippen molar-refractivity contribution in [2.75, 3.05) is 13.2 Å². The van der Waals surface area contributed by atoms with Crippen LogP contribution in [0.25, 0.3) is 0 Å². The van der Waals surface area contributed by atoms with Gasteiger partial charge in [0.2, 0.25) is 0 Å². The SMILES string of the molecule is CC/C=C\C/C=C\C/C=C\C/C=C\C/C=C\C/C=C\C/C=C\C/C=C\CCCCC(=O)OCC(COC(=O)CCCCCCCCC/C=C\C/C=C\CCCCC)OC(=O)CCCC/C=C\C/C=C\C/C=C\C/C=C\C/C=C\C/C=C\CC. The number of carbonyl (C=O) groups excluding carboxylic acids is 3. The minimum absolute atomic E-state index is 0.124. The van der Waals surface area contributed by atoms with E-state index in [0.717, 1.165) is 148 Å². The van der Waals surface area contributed by atoms with E-state index in [-0.39, 0.29) is 44.0 Å². The molecule has 1 unspecified atom stereocenters. The van der Waals surface area contributed by atoms with Crippen molar-refractivity contribution in [2.45, 2.75) is 258 Å². The average Bonchev–Trinajstić information content (AvgIpc) is 3.49. The Bertz CT molecular complexity index is 1990. The van der Waals surface area contributed by atoms with Crippen molar-refractivity contribution < 1.29 is 28.6 Å². The first-order valence-corrected chi connectivity index (χ1v) is 32.9. The first-order chi connectivity index (χ1) is 41.0. The lowest BCUT2D eigenvalue weighted by atomic mass is 10.1. The van der Waals surface area contributed by atoms with Gasteiger partial charge in [0.25, 0.3) is 0 Å². The van der Waals surface area contributed by atoms with Crippen LogP contribution in [0.5, 0.6) is 0 Å². The van der Waals surface area contributed by atoms with Gasteiger partial charge in [0.1, 0.15) is 13.2 Å². The zero-order valence-electron chi connectivity index (χ0n) is 52.9. The van der Waals surface area contributed by atoms with Crippen LogP contribution in [0.4, 0.5) is 0 Å². The van der Waals surface area contributed by atoms with E-state index in [0.29, 0.717) is 19.3 Å². The van der Waals surface area contributed by atoms with Crippen molar-refractivity contribution in [1.82, 2.24) is 0 Å². The second-order valence-corrected chi connectivity index (χ2v) is 20.9. The maximum atomic E-state index is 12.9. The molecule has 0 aromatic rings. The van der Waals surface area contributed by atoms with Crippen molar-refractivity contribution in [3.05, 3.63) is 194 Å². The van der Waals surface area contributed by atoms with Gasteiger partial charge in [0, 0.05) is 19.3 Å². The van der Waals surface area contributed by atoms with Crippen LogP contribution in [0, 0.1) is 0 Å². The summed E-state index contributed by atoms with van der Waals surface area (Å²) in [5.41, 5.74) is 0. The molecule has 0 bridgehead atoms. The fourth-order valence-electron chi connectivity index (χ4n) is 8.20. The predicted molar refractivity (Wildman–Crippen MR) is 361 cm³/mol. The lowest BCUT2D eigenvalue weighted by molar-refractivity contribution is -0.167. The van der Waals surface area contributed by atoms with Gasteiger partial charge in [-0.3, -0.25) is 14.4 Å². The van der Waals surface area contributed by atoms with Crippen molar-refractivity contribution in [3.63, 3.8) is 0 Å². The summed E-state index contributed by atoms with van der Waals surface area (Å²) in [5.74, 6) is -1.03. The van der Waals surface area contributed by atoms with Gasteiger partial charge in [-0.1, -0.05) is 260 Å². The third-order valence-corrected chi connectivity index (χ3v) is 13.1. The Balaban J connectivity index is 4.59. The number of hydrogen-bond donors (Lipinski definition) is 0. The molecule has 0 aliphatic carbocycles. The molecule has 0 aromatic carbocycles. The molecule has 0 saturated carbocycles. The Hall–Kier alpha value is -5.75. The van der Waals surface area contributed by atoms with E-state index in [2.05, 4.69) is 215 Å². The standard InChI is InChI=1S/C77H118O6/c1-4-7-10-13-16-19-22-25-28-31-33-35-36-37-38-39-40-42-43-46-49-52-55-58-61-64-67-70-76(79)82-73-74(72-81-75(78)69-66-63-60-57-54-51-48-45-30-27-24-21-18-15-12-9-6-3)83-77(80)71-68-65-62-59-56-53-50-47-44-41-34-32-29-26-23-20-17-14-11-8-5-2/h7-8,10-11,16-21,25-30,33-35,37-38,40-42,46-47,49-50,55-56,58-59,74H,4-6,9,12-15,22-24,31-32,36,39,43-45,48,51-54,57,60-73H2,1-3H3/b10-7-,11-8-,19-16-,20-17-,21-18-,28-25-,29-26-,30-27-,35-33-,38-37-,41-34-,42-40-,49-46-,50-47-,58-55-,59-56-. The van der Waals surface area contributed by atoms with Crippen LogP contribution >= 0.6 is 0 Å². The lowest BCUT2D eigenvalue weighted by Gasteiger charge is -2.18. The van der Waals surface area contributed by atoms with E-state index in [4.69, 9.17) is 14.2 Å². The summed E-state index contributed by atoms with van der Waals surface area (Å²) in [5, 5.41) is 0. The molecule has 0 saturated heterocycles. The molecule has 0 heterocycles. The molecule has 6 nitrogen and oxygen atoms in total. The number of ether oxygens (including phenoxy) is 3. The molecular formula is C77H118O6. The Labute approximate surface area is 509 Å². The Morgan fingerprint density at radius 2 is 0.470 bits per heavy atom. The summed E-state index contributed by atoms with van der Waals surface area (Å²) < 4.78 is 16.9. The minimum Gasteiger partial charge on any atom is -0.462 e. The largest absolute Gasteiger partial charge is 0.462 e. The van der Waals surface area contributed by atoms with E-state index in [1.54, 1.807) is 0 Å². The molecule has 0 amide bonds. The van der Waals surface area contributed by atoms with Gasteiger partial charge in [0.05, 0.1) is 0 Å².